The van der Waals surface area contributed by atoms with Crippen molar-refractivity contribution < 1.29 is 9.59 Å². The lowest BCUT2D eigenvalue weighted by Crippen LogP contribution is -2.44. The molecule has 7 nitrogen and oxygen atoms in total. The Morgan fingerprint density at radius 3 is 2.91 bits per heavy atom. The number of hydrogen-bond acceptors (Lipinski definition) is 4. The second-order valence-electron chi connectivity index (χ2n) is 6.16. The van der Waals surface area contributed by atoms with E-state index in [0.717, 1.165) is 56.8 Å². The number of nitrogens with one attached hydrogen (secondary N) is 1. The lowest BCUT2D eigenvalue weighted by atomic mass is 9.97. The summed E-state index contributed by atoms with van der Waals surface area (Å²) in [6.07, 6.45) is 5.00. The van der Waals surface area contributed by atoms with Crippen molar-refractivity contribution in [3.8, 4) is 0 Å². The van der Waals surface area contributed by atoms with Crippen LogP contribution in [0.4, 0.5) is 0 Å². The van der Waals surface area contributed by atoms with Gasteiger partial charge in [-0.2, -0.15) is 0 Å². The van der Waals surface area contributed by atoms with Crippen molar-refractivity contribution in [3.63, 3.8) is 0 Å². The Morgan fingerprint density at radius 2 is 2.09 bits per heavy atom. The van der Waals surface area contributed by atoms with E-state index in [0.29, 0.717) is 13.1 Å². The number of fused-ring (bicyclic) bond motifs is 1. The predicted octanol–water partition coefficient (Wildman–Crippen LogP) is 0.489. The lowest BCUT2D eigenvalue weighted by Gasteiger charge is -2.31. The fourth-order valence-corrected chi connectivity index (χ4v) is 3.29. The van der Waals surface area contributed by atoms with Gasteiger partial charge >= 0.3 is 0 Å². The summed E-state index contributed by atoms with van der Waals surface area (Å²) >= 11 is 0. The summed E-state index contributed by atoms with van der Waals surface area (Å²) in [6.45, 7) is 4.20. The van der Waals surface area contributed by atoms with E-state index in [1.54, 1.807) is 11.8 Å². The molecule has 1 N–H and O–H groups in total. The average Bonchev–Trinajstić information content (AvgIpc) is 2.96. The molecule has 7 heteroatoms. The minimum absolute atomic E-state index is 0.0131. The average molecular weight is 305 g/mol. The standard InChI is InChI=1S/C15H23N5O2/c1-11(21)19-7-4-5-12(10-19)15(22)16-9-14-18-17-13-6-2-3-8-20(13)14/h12H,2-10H2,1H3,(H,16,22)/t12-/m0/s1. The van der Waals surface area contributed by atoms with E-state index in [1.165, 1.54) is 0 Å². The summed E-state index contributed by atoms with van der Waals surface area (Å²) < 4.78 is 2.12. The van der Waals surface area contributed by atoms with Gasteiger partial charge in [0.25, 0.3) is 0 Å². The molecule has 2 aliphatic rings. The van der Waals surface area contributed by atoms with Crippen LogP contribution in [0.1, 0.15) is 44.3 Å². The van der Waals surface area contributed by atoms with Crippen LogP contribution in [0, 0.1) is 5.92 Å². The van der Waals surface area contributed by atoms with Crippen LogP contribution < -0.4 is 5.32 Å². The van der Waals surface area contributed by atoms with Crippen molar-refractivity contribution in [3.05, 3.63) is 11.6 Å². The highest BCUT2D eigenvalue weighted by Gasteiger charge is 2.27. The van der Waals surface area contributed by atoms with Gasteiger partial charge in [0.1, 0.15) is 5.82 Å². The van der Waals surface area contributed by atoms with Crippen LogP contribution in [0.3, 0.4) is 0 Å². The van der Waals surface area contributed by atoms with Crippen molar-refractivity contribution in [2.24, 2.45) is 5.92 Å². The number of likely N-dealkylation sites (tertiary alicyclic amines) is 1. The zero-order valence-corrected chi connectivity index (χ0v) is 13.0. The number of carbonyl (C=O) groups is 2. The summed E-state index contributed by atoms with van der Waals surface area (Å²) in [4.78, 5) is 25.5. The van der Waals surface area contributed by atoms with E-state index in [-0.39, 0.29) is 17.7 Å². The maximum atomic E-state index is 12.3. The normalized spacial score (nSPS) is 21.3. The number of piperidine rings is 1. The molecule has 1 aromatic rings. The Kier molecular flexibility index (Phi) is 4.40. The molecule has 3 heterocycles. The molecule has 2 amide bonds. The number of hydrogen-bond donors (Lipinski definition) is 1. The van der Waals surface area contributed by atoms with Gasteiger partial charge in [-0.25, -0.2) is 0 Å². The highest BCUT2D eigenvalue weighted by molar-refractivity contribution is 5.80. The molecule has 0 aromatic carbocycles. The SMILES string of the molecule is CC(=O)N1CCC[C@H](C(=O)NCc2nnc3n2CCCC3)C1. The molecule has 0 spiro atoms. The molecule has 3 rings (SSSR count). The van der Waals surface area contributed by atoms with Gasteiger partial charge in [-0.15, -0.1) is 10.2 Å². The lowest BCUT2D eigenvalue weighted by molar-refractivity contribution is -0.134. The van der Waals surface area contributed by atoms with E-state index in [9.17, 15) is 9.59 Å². The first-order chi connectivity index (χ1) is 10.6. The van der Waals surface area contributed by atoms with E-state index < -0.39 is 0 Å². The molecule has 2 aliphatic heterocycles. The third kappa shape index (κ3) is 3.13. The first-order valence-corrected chi connectivity index (χ1v) is 8.09. The van der Waals surface area contributed by atoms with Crippen LogP contribution in [0.25, 0.3) is 0 Å². The second-order valence-corrected chi connectivity index (χ2v) is 6.16. The molecule has 1 saturated heterocycles. The van der Waals surface area contributed by atoms with Gasteiger partial charge < -0.3 is 14.8 Å². The Balaban J connectivity index is 1.56. The first kappa shape index (κ1) is 15.0. The van der Waals surface area contributed by atoms with Crippen molar-refractivity contribution >= 4 is 11.8 Å². The Morgan fingerprint density at radius 1 is 1.23 bits per heavy atom. The van der Waals surface area contributed by atoms with E-state index in [4.69, 9.17) is 0 Å². The topological polar surface area (TPSA) is 80.1 Å². The molecule has 1 atom stereocenters. The molecular weight excluding hydrogens is 282 g/mol. The largest absolute Gasteiger partial charge is 0.348 e. The van der Waals surface area contributed by atoms with Gasteiger partial charge in [0, 0.05) is 33.0 Å². The van der Waals surface area contributed by atoms with Crippen LogP contribution in [0.2, 0.25) is 0 Å². The molecule has 120 valence electrons. The van der Waals surface area contributed by atoms with Crippen molar-refractivity contribution in [1.82, 2.24) is 25.0 Å². The Labute approximate surface area is 130 Å². The molecular formula is C15H23N5O2. The van der Waals surface area contributed by atoms with Gasteiger partial charge in [0.15, 0.2) is 5.82 Å². The summed E-state index contributed by atoms with van der Waals surface area (Å²) in [7, 11) is 0. The summed E-state index contributed by atoms with van der Waals surface area (Å²) in [6, 6.07) is 0. The highest BCUT2D eigenvalue weighted by atomic mass is 16.2. The quantitative estimate of drug-likeness (QED) is 0.881. The number of rotatable bonds is 3. The monoisotopic (exact) mass is 305 g/mol. The molecule has 1 aromatic heterocycles. The summed E-state index contributed by atoms with van der Waals surface area (Å²) in [5.41, 5.74) is 0. The van der Waals surface area contributed by atoms with Crippen molar-refractivity contribution in [2.75, 3.05) is 13.1 Å². The molecule has 0 aliphatic carbocycles. The van der Waals surface area contributed by atoms with Gasteiger partial charge in [-0.05, 0) is 25.7 Å². The second kappa shape index (κ2) is 6.46. The molecule has 0 saturated carbocycles. The molecule has 0 radical (unpaired) electrons. The minimum atomic E-state index is -0.110. The third-order valence-corrected chi connectivity index (χ3v) is 4.59. The van der Waals surface area contributed by atoms with Crippen molar-refractivity contribution in [2.45, 2.75) is 52.1 Å². The maximum absolute atomic E-state index is 12.3. The van der Waals surface area contributed by atoms with Gasteiger partial charge in [0.05, 0.1) is 12.5 Å². The van der Waals surface area contributed by atoms with Crippen LogP contribution >= 0.6 is 0 Å². The maximum Gasteiger partial charge on any atom is 0.225 e. The molecule has 0 bridgehead atoms. The summed E-state index contributed by atoms with van der Waals surface area (Å²) in [5, 5.41) is 11.3. The molecule has 22 heavy (non-hydrogen) atoms. The van der Waals surface area contributed by atoms with Gasteiger partial charge in [0.2, 0.25) is 11.8 Å². The number of aryl methyl sites for hydroxylation is 1. The van der Waals surface area contributed by atoms with E-state index in [2.05, 4.69) is 20.1 Å². The number of carbonyl (C=O) groups excluding carboxylic acids is 2. The number of amides is 2. The van der Waals surface area contributed by atoms with E-state index in [1.807, 2.05) is 0 Å². The zero-order valence-electron chi connectivity index (χ0n) is 13.0. The van der Waals surface area contributed by atoms with Crippen LogP contribution in [-0.4, -0.2) is 44.6 Å². The summed E-state index contributed by atoms with van der Waals surface area (Å²) in [5.74, 6) is 1.81. The van der Waals surface area contributed by atoms with E-state index >= 15 is 0 Å². The molecule has 0 unspecified atom stereocenters. The molecule has 1 fully saturated rings. The predicted molar refractivity (Wildman–Crippen MR) is 79.8 cm³/mol. The smallest absolute Gasteiger partial charge is 0.225 e. The van der Waals surface area contributed by atoms with Gasteiger partial charge in [-0.1, -0.05) is 0 Å². The van der Waals surface area contributed by atoms with Crippen molar-refractivity contribution in [1.29, 1.82) is 0 Å². The third-order valence-electron chi connectivity index (χ3n) is 4.59. The Hall–Kier alpha value is -1.92. The highest BCUT2D eigenvalue weighted by Crippen LogP contribution is 2.17. The number of nitrogens with zero attached hydrogens (tertiary/aromatic N) is 4. The first-order valence-electron chi connectivity index (χ1n) is 8.09. The minimum Gasteiger partial charge on any atom is -0.348 e. The fourth-order valence-electron chi connectivity index (χ4n) is 3.29. The van der Waals surface area contributed by atoms with Crippen LogP contribution in [0.15, 0.2) is 0 Å². The Bertz CT molecular complexity index is 568. The number of aromatic nitrogens is 3. The van der Waals surface area contributed by atoms with Gasteiger partial charge in [-0.3, -0.25) is 9.59 Å². The fraction of sp³-hybridized carbons (Fsp3) is 0.733. The van der Waals surface area contributed by atoms with Crippen LogP contribution in [-0.2, 0) is 29.1 Å². The zero-order chi connectivity index (χ0) is 15.5. The van der Waals surface area contributed by atoms with Crippen LogP contribution in [0.5, 0.6) is 0 Å².